The van der Waals surface area contributed by atoms with Crippen molar-refractivity contribution in [1.29, 1.82) is 0 Å². The molecule has 0 saturated carbocycles. The number of benzene rings is 2. The summed E-state index contributed by atoms with van der Waals surface area (Å²) in [5.74, 6) is 0. The Balaban J connectivity index is 2.56. The Labute approximate surface area is 92.9 Å². The Morgan fingerprint density at radius 1 is 1.06 bits per heavy atom. The average molecular weight is 207 g/mol. The van der Waals surface area contributed by atoms with Crippen LogP contribution in [0.5, 0.6) is 0 Å². The van der Waals surface area contributed by atoms with Crippen molar-refractivity contribution in [2.75, 3.05) is 0 Å². The molecule has 0 saturated heterocycles. The van der Waals surface area contributed by atoms with E-state index in [1.807, 2.05) is 43.3 Å². The molecule has 16 heavy (non-hydrogen) atoms. The number of furan rings is 1. The van der Waals surface area contributed by atoms with E-state index in [1.54, 1.807) is 0 Å². The van der Waals surface area contributed by atoms with E-state index in [-0.39, 0.29) is 0 Å². The molecule has 3 aromatic rings. The van der Waals surface area contributed by atoms with Gasteiger partial charge >= 0.3 is 0 Å². The van der Waals surface area contributed by atoms with Crippen LogP contribution in [-0.2, 0) is 0 Å². The summed E-state index contributed by atoms with van der Waals surface area (Å²) >= 11 is 0. The minimum atomic E-state index is 0.659. The molecule has 0 aliphatic carbocycles. The molecule has 1 aromatic heterocycles. The van der Waals surface area contributed by atoms with Gasteiger partial charge in [0.1, 0.15) is 11.2 Å². The molecule has 2 aromatic carbocycles. The molecule has 0 fully saturated rings. The van der Waals surface area contributed by atoms with Crippen LogP contribution >= 0.6 is 0 Å². The molecule has 0 aliphatic rings. The second-order valence-electron chi connectivity index (χ2n) is 3.80. The SMILES string of the molecule is [C-]#[N+]c1ccc2c(oc3ccccc32)c1C. The van der Waals surface area contributed by atoms with Crippen LogP contribution in [0.15, 0.2) is 40.8 Å². The topological polar surface area (TPSA) is 17.5 Å². The number of rotatable bonds is 0. The first-order valence-corrected chi connectivity index (χ1v) is 5.09. The Morgan fingerprint density at radius 3 is 2.69 bits per heavy atom. The van der Waals surface area contributed by atoms with Crippen LogP contribution in [0.4, 0.5) is 5.69 Å². The minimum absolute atomic E-state index is 0.659. The quantitative estimate of drug-likeness (QED) is 0.498. The predicted octanol–water partition coefficient (Wildman–Crippen LogP) is 4.45. The standard InChI is InChI=1S/C14H9NO/c1-9-12(15-2)8-7-11-10-5-3-4-6-13(10)16-14(9)11/h3-8H,1H3. The van der Waals surface area contributed by atoms with Crippen LogP contribution in [-0.4, -0.2) is 0 Å². The van der Waals surface area contributed by atoms with Gasteiger partial charge in [-0.25, -0.2) is 4.85 Å². The third-order valence-electron chi connectivity index (χ3n) is 2.89. The van der Waals surface area contributed by atoms with Gasteiger partial charge in [0.25, 0.3) is 0 Å². The lowest BCUT2D eigenvalue weighted by Crippen LogP contribution is -1.73. The Bertz CT molecular complexity index is 731. The van der Waals surface area contributed by atoms with E-state index in [0.29, 0.717) is 5.69 Å². The first kappa shape index (κ1) is 8.99. The second kappa shape index (κ2) is 3.11. The largest absolute Gasteiger partial charge is 0.457 e. The Hall–Kier alpha value is -2.27. The van der Waals surface area contributed by atoms with Crippen molar-refractivity contribution in [3.8, 4) is 0 Å². The first-order chi connectivity index (χ1) is 7.81. The summed E-state index contributed by atoms with van der Waals surface area (Å²) in [5.41, 5.74) is 3.28. The van der Waals surface area contributed by atoms with Gasteiger partial charge < -0.3 is 4.42 Å². The number of hydrogen-bond acceptors (Lipinski definition) is 1. The van der Waals surface area contributed by atoms with Gasteiger partial charge in [0, 0.05) is 10.8 Å². The zero-order chi connectivity index (χ0) is 11.1. The molecule has 2 heteroatoms. The maximum absolute atomic E-state index is 7.08. The molecule has 0 radical (unpaired) electrons. The highest BCUT2D eigenvalue weighted by atomic mass is 16.3. The van der Waals surface area contributed by atoms with E-state index >= 15 is 0 Å². The van der Waals surface area contributed by atoms with E-state index in [2.05, 4.69) is 4.85 Å². The maximum atomic E-state index is 7.08. The Morgan fingerprint density at radius 2 is 1.88 bits per heavy atom. The molecule has 0 amide bonds. The molecule has 0 N–H and O–H groups in total. The lowest BCUT2D eigenvalue weighted by atomic mass is 10.1. The van der Waals surface area contributed by atoms with Crippen LogP contribution in [0.3, 0.4) is 0 Å². The van der Waals surface area contributed by atoms with Crippen molar-refractivity contribution >= 4 is 27.6 Å². The van der Waals surface area contributed by atoms with Crippen molar-refractivity contribution < 1.29 is 4.42 Å². The van der Waals surface area contributed by atoms with Crippen LogP contribution in [0, 0.1) is 13.5 Å². The fourth-order valence-electron chi connectivity index (χ4n) is 2.03. The molecule has 1 heterocycles. The molecular formula is C14H9NO. The van der Waals surface area contributed by atoms with Crippen molar-refractivity contribution in [1.82, 2.24) is 0 Å². The fraction of sp³-hybridized carbons (Fsp3) is 0.0714. The van der Waals surface area contributed by atoms with Gasteiger partial charge in [0.15, 0.2) is 5.69 Å². The highest BCUT2D eigenvalue weighted by molar-refractivity contribution is 6.07. The first-order valence-electron chi connectivity index (χ1n) is 5.09. The third kappa shape index (κ3) is 1.06. The van der Waals surface area contributed by atoms with Gasteiger partial charge in [-0.2, -0.15) is 0 Å². The van der Waals surface area contributed by atoms with Gasteiger partial charge in [-0.1, -0.05) is 30.3 Å². The lowest BCUT2D eigenvalue weighted by molar-refractivity contribution is 0.666. The Kier molecular flexibility index (Phi) is 1.75. The fourth-order valence-corrected chi connectivity index (χ4v) is 2.03. The molecule has 3 rings (SSSR count). The molecule has 76 valence electrons. The highest BCUT2D eigenvalue weighted by Gasteiger charge is 2.10. The summed E-state index contributed by atoms with van der Waals surface area (Å²) in [6.45, 7) is 9.01. The van der Waals surface area contributed by atoms with Gasteiger partial charge in [-0.3, -0.25) is 0 Å². The third-order valence-corrected chi connectivity index (χ3v) is 2.89. The summed E-state index contributed by atoms with van der Waals surface area (Å²) in [5, 5.41) is 2.19. The molecule has 2 nitrogen and oxygen atoms in total. The van der Waals surface area contributed by atoms with Gasteiger partial charge in [0.05, 0.1) is 6.57 Å². The maximum Gasteiger partial charge on any atom is 0.193 e. The van der Waals surface area contributed by atoms with Gasteiger partial charge in [-0.05, 0) is 18.6 Å². The highest BCUT2D eigenvalue weighted by Crippen LogP contribution is 2.34. The molecule has 0 aliphatic heterocycles. The van der Waals surface area contributed by atoms with Crippen LogP contribution in [0.1, 0.15) is 5.56 Å². The molecule has 0 spiro atoms. The van der Waals surface area contributed by atoms with E-state index in [1.165, 1.54) is 0 Å². The predicted molar refractivity (Wildman–Crippen MR) is 64.7 cm³/mol. The molecular weight excluding hydrogens is 198 g/mol. The number of aryl methyl sites for hydroxylation is 1. The van der Waals surface area contributed by atoms with Crippen LogP contribution in [0.2, 0.25) is 0 Å². The van der Waals surface area contributed by atoms with Crippen molar-refractivity contribution in [3.63, 3.8) is 0 Å². The number of fused-ring (bicyclic) bond motifs is 3. The van der Waals surface area contributed by atoms with Crippen LogP contribution < -0.4 is 0 Å². The summed E-state index contributed by atoms with van der Waals surface area (Å²) in [6, 6.07) is 11.8. The number of nitrogens with zero attached hydrogens (tertiary/aromatic N) is 1. The summed E-state index contributed by atoms with van der Waals surface area (Å²) < 4.78 is 5.78. The molecule has 0 bridgehead atoms. The van der Waals surface area contributed by atoms with Crippen molar-refractivity contribution in [2.45, 2.75) is 6.92 Å². The monoisotopic (exact) mass is 207 g/mol. The van der Waals surface area contributed by atoms with Gasteiger partial charge in [-0.15, -0.1) is 0 Å². The zero-order valence-electron chi connectivity index (χ0n) is 8.82. The average Bonchev–Trinajstić information content (AvgIpc) is 2.69. The van der Waals surface area contributed by atoms with E-state index in [0.717, 1.165) is 27.5 Å². The van der Waals surface area contributed by atoms with Crippen molar-refractivity contribution in [3.05, 3.63) is 53.4 Å². The second-order valence-corrected chi connectivity index (χ2v) is 3.80. The summed E-state index contributed by atoms with van der Waals surface area (Å²) in [6.07, 6.45) is 0. The lowest BCUT2D eigenvalue weighted by Gasteiger charge is -1.96. The van der Waals surface area contributed by atoms with Crippen molar-refractivity contribution in [2.24, 2.45) is 0 Å². The van der Waals surface area contributed by atoms with Crippen LogP contribution in [0.25, 0.3) is 26.8 Å². The van der Waals surface area contributed by atoms with E-state index < -0.39 is 0 Å². The molecule has 0 unspecified atom stereocenters. The normalized spacial score (nSPS) is 10.8. The number of para-hydroxylation sites is 1. The smallest absolute Gasteiger partial charge is 0.193 e. The summed E-state index contributed by atoms with van der Waals surface area (Å²) in [4.78, 5) is 3.48. The zero-order valence-corrected chi connectivity index (χ0v) is 8.82. The molecule has 0 atom stereocenters. The minimum Gasteiger partial charge on any atom is -0.457 e. The summed E-state index contributed by atoms with van der Waals surface area (Å²) in [7, 11) is 0. The van der Waals surface area contributed by atoms with Gasteiger partial charge in [0.2, 0.25) is 0 Å². The number of hydrogen-bond donors (Lipinski definition) is 0. The van der Waals surface area contributed by atoms with E-state index in [4.69, 9.17) is 11.0 Å². The van der Waals surface area contributed by atoms with E-state index in [9.17, 15) is 0 Å².